The van der Waals surface area contributed by atoms with Crippen molar-refractivity contribution in [3.05, 3.63) is 0 Å². The normalized spacial score (nSPS) is 37.9. The van der Waals surface area contributed by atoms with Crippen molar-refractivity contribution in [1.82, 2.24) is 10.2 Å². The van der Waals surface area contributed by atoms with Crippen LogP contribution in [-0.2, 0) is 0 Å². The van der Waals surface area contributed by atoms with Crippen LogP contribution in [-0.4, -0.2) is 47.3 Å². The van der Waals surface area contributed by atoms with E-state index in [0.29, 0.717) is 12.1 Å². The summed E-state index contributed by atoms with van der Waals surface area (Å²) in [5.74, 6) is 0. The maximum absolute atomic E-state index is 10.8. The summed E-state index contributed by atoms with van der Waals surface area (Å²) >= 11 is 0. The van der Waals surface area contributed by atoms with Crippen LogP contribution in [0.1, 0.15) is 46.0 Å². The van der Waals surface area contributed by atoms with Gasteiger partial charge in [-0.3, -0.25) is 0 Å². The highest BCUT2D eigenvalue weighted by Crippen LogP contribution is 2.30. The largest absolute Gasteiger partial charge is 0.388 e. The average molecular weight is 226 g/mol. The first-order chi connectivity index (χ1) is 7.62. The van der Waals surface area contributed by atoms with Crippen molar-refractivity contribution in [2.75, 3.05) is 19.6 Å². The van der Waals surface area contributed by atoms with E-state index in [1.54, 1.807) is 0 Å². The van der Waals surface area contributed by atoms with Crippen molar-refractivity contribution < 1.29 is 5.11 Å². The van der Waals surface area contributed by atoms with Crippen molar-refractivity contribution >= 4 is 0 Å². The lowest BCUT2D eigenvalue weighted by molar-refractivity contribution is -0.00649. The van der Waals surface area contributed by atoms with Gasteiger partial charge in [-0.25, -0.2) is 0 Å². The van der Waals surface area contributed by atoms with Gasteiger partial charge in [-0.2, -0.15) is 0 Å². The van der Waals surface area contributed by atoms with Crippen molar-refractivity contribution in [1.29, 1.82) is 0 Å². The zero-order valence-electron chi connectivity index (χ0n) is 10.7. The van der Waals surface area contributed by atoms with E-state index in [4.69, 9.17) is 0 Å². The molecule has 0 saturated carbocycles. The van der Waals surface area contributed by atoms with Crippen molar-refractivity contribution in [2.24, 2.45) is 0 Å². The second-order valence-corrected chi connectivity index (χ2v) is 5.74. The molecule has 2 atom stereocenters. The second-order valence-electron chi connectivity index (χ2n) is 5.74. The summed E-state index contributed by atoms with van der Waals surface area (Å²) in [6.07, 6.45) is 5.41. The molecule has 0 aromatic carbocycles. The summed E-state index contributed by atoms with van der Waals surface area (Å²) in [7, 11) is 0. The van der Waals surface area contributed by atoms with Crippen LogP contribution in [0.5, 0.6) is 0 Å². The summed E-state index contributed by atoms with van der Waals surface area (Å²) in [6.45, 7) is 7.77. The Kier molecular flexibility index (Phi) is 3.88. The highest BCUT2D eigenvalue weighted by Gasteiger charge is 2.39. The molecule has 3 nitrogen and oxygen atoms in total. The first-order valence-electron chi connectivity index (χ1n) is 6.82. The molecule has 0 aliphatic carbocycles. The van der Waals surface area contributed by atoms with E-state index in [2.05, 4.69) is 24.1 Å². The quantitative estimate of drug-likeness (QED) is 0.746. The molecule has 2 unspecified atom stereocenters. The van der Waals surface area contributed by atoms with Gasteiger partial charge in [0, 0.05) is 18.6 Å². The third-order valence-corrected chi connectivity index (χ3v) is 4.33. The number of nitrogens with zero attached hydrogens (tertiary/aromatic N) is 1. The first-order valence-corrected chi connectivity index (χ1v) is 6.82. The van der Waals surface area contributed by atoms with Crippen LogP contribution in [0.4, 0.5) is 0 Å². The summed E-state index contributed by atoms with van der Waals surface area (Å²) < 4.78 is 0. The number of likely N-dealkylation sites (tertiary alicyclic amines) is 1. The molecule has 2 heterocycles. The minimum Gasteiger partial charge on any atom is -0.388 e. The van der Waals surface area contributed by atoms with Crippen LogP contribution in [0.3, 0.4) is 0 Å². The second kappa shape index (κ2) is 5.03. The molecule has 2 rings (SSSR count). The summed E-state index contributed by atoms with van der Waals surface area (Å²) in [5, 5.41) is 14.2. The third kappa shape index (κ3) is 2.58. The summed E-state index contributed by atoms with van der Waals surface area (Å²) in [4.78, 5) is 2.49. The topological polar surface area (TPSA) is 35.5 Å². The van der Waals surface area contributed by atoms with Crippen molar-refractivity contribution in [3.63, 3.8) is 0 Å². The zero-order chi connectivity index (χ0) is 11.6. The molecule has 0 spiro atoms. The molecule has 2 aliphatic rings. The number of aliphatic hydroxyl groups is 1. The number of nitrogens with one attached hydrogen (secondary N) is 1. The Morgan fingerprint density at radius 3 is 2.69 bits per heavy atom. The predicted octanol–water partition coefficient (Wildman–Crippen LogP) is 1.36. The third-order valence-electron chi connectivity index (χ3n) is 4.33. The van der Waals surface area contributed by atoms with Crippen LogP contribution >= 0.6 is 0 Å². The molecule has 94 valence electrons. The van der Waals surface area contributed by atoms with Gasteiger partial charge in [0.2, 0.25) is 0 Å². The lowest BCUT2D eigenvalue weighted by atomic mass is 9.86. The maximum atomic E-state index is 10.8. The molecule has 2 N–H and O–H groups in total. The highest BCUT2D eigenvalue weighted by molar-refractivity contribution is 4.96. The Morgan fingerprint density at radius 2 is 2.06 bits per heavy atom. The maximum Gasteiger partial charge on any atom is 0.0812 e. The Bertz CT molecular complexity index is 226. The molecule has 16 heavy (non-hydrogen) atoms. The van der Waals surface area contributed by atoms with Gasteiger partial charge in [0.25, 0.3) is 0 Å². The van der Waals surface area contributed by atoms with Gasteiger partial charge in [0.05, 0.1) is 5.60 Å². The lowest BCUT2D eigenvalue weighted by Crippen LogP contribution is -2.48. The van der Waals surface area contributed by atoms with Gasteiger partial charge in [-0.15, -0.1) is 0 Å². The fourth-order valence-electron chi connectivity index (χ4n) is 3.17. The van der Waals surface area contributed by atoms with Crippen molar-refractivity contribution in [3.8, 4) is 0 Å². The van der Waals surface area contributed by atoms with Gasteiger partial charge in [0.15, 0.2) is 0 Å². The smallest absolute Gasteiger partial charge is 0.0812 e. The average Bonchev–Trinajstić information content (AvgIpc) is 2.70. The van der Waals surface area contributed by atoms with E-state index in [9.17, 15) is 5.11 Å². The molecule has 2 aliphatic heterocycles. The van der Waals surface area contributed by atoms with E-state index in [-0.39, 0.29) is 0 Å². The monoisotopic (exact) mass is 226 g/mol. The van der Waals surface area contributed by atoms with Crippen LogP contribution in [0.25, 0.3) is 0 Å². The van der Waals surface area contributed by atoms with Gasteiger partial charge < -0.3 is 15.3 Å². The Morgan fingerprint density at radius 1 is 1.25 bits per heavy atom. The van der Waals surface area contributed by atoms with Gasteiger partial charge in [-0.1, -0.05) is 0 Å². The SMILES string of the molecule is CC(C)N1CCCC(O)(C2CCCN2)CC1. The van der Waals surface area contributed by atoms with Crippen molar-refractivity contribution in [2.45, 2.75) is 63.6 Å². The van der Waals surface area contributed by atoms with Gasteiger partial charge in [0.1, 0.15) is 0 Å². The molecule has 2 saturated heterocycles. The van der Waals surface area contributed by atoms with Crippen LogP contribution in [0.15, 0.2) is 0 Å². The zero-order valence-corrected chi connectivity index (χ0v) is 10.7. The summed E-state index contributed by atoms with van der Waals surface area (Å²) in [5.41, 5.74) is -0.444. The minimum atomic E-state index is -0.444. The summed E-state index contributed by atoms with van der Waals surface area (Å²) in [6, 6.07) is 0.957. The Labute approximate surface area is 99.2 Å². The Balaban J connectivity index is 1.96. The Hall–Kier alpha value is -0.120. The van der Waals surface area contributed by atoms with E-state index >= 15 is 0 Å². The van der Waals surface area contributed by atoms with Crippen LogP contribution in [0.2, 0.25) is 0 Å². The molecular weight excluding hydrogens is 200 g/mol. The fourth-order valence-corrected chi connectivity index (χ4v) is 3.17. The van der Waals surface area contributed by atoms with E-state index in [1.807, 2.05) is 0 Å². The number of rotatable bonds is 2. The van der Waals surface area contributed by atoms with Crippen LogP contribution in [0, 0.1) is 0 Å². The molecular formula is C13H26N2O. The highest BCUT2D eigenvalue weighted by atomic mass is 16.3. The van der Waals surface area contributed by atoms with E-state index in [0.717, 1.165) is 45.3 Å². The van der Waals surface area contributed by atoms with Gasteiger partial charge in [-0.05, 0) is 59.0 Å². The number of hydrogen-bond acceptors (Lipinski definition) is 3. The minimum absolute atomic E-state index is 0.347. The molecule has 3 heteroatoms. The molecule has 0 aromatic rings. The lowest BCUT2D eigenvalue weighted by Gasteiger charge is -2.33. The predicted molar refractivity (Wildman–Crippen MR) is 66.5 cm³/mol. The van der Waals surface area contributed by atoms with E-state index < -0.39 is 5.60 Å². The van der Waals surface area contributed by atoms with Gasteiger partial charge >= 0.3 is 0 Å². The standard InChI is InChI=1S/C13H26N2O/c1-11(2)15-9-4-6-13(16,7-10-15)12-5-3-8-14-12/h11-12,14,16H,3-10H2,1-2H3. The molecule has 0 aromatic heterocycles. The molecule has 0 bridgehead atoms. The van der Waals surface area contributed by atoms with E-state index in [1.165, 1.54) is 6.42 Å². The molecule has 0 amide bonds. The van der Waals surface area contributed by atoms with Crippen LogP contribution < -0.4 is 5.32 Å². The molecule has 2 fully saturated rings. The number of hydrogen-bond donors (Lipinski definition) is 2. The fraction of sp³-hybridized carbons (Fsp3) is 1.00. The molecule has 0 radical (unpaired) electrons. The first kappa shape index (κ1) is 12.3.